The van der Waals surface area contributed by atoms with Crippen LogP contribution in [0.3, 0.4) is 0 Å². The fourth-order valence-electron chi connectivity index (χ4n) is 1.02. The van der Waals surface area contributed by atoms with Crippen LogP contribution < -0.4 is 0 Å². The fraction of sp³-hybridized carbons (Fsp3) is 0.200. The van der Waals surface area contributed by atoms with Gasteiger partial charge in [0.15, 0.2) is 6.21 Å². The van der Waals surface area contributed by atoms with Crippen LogP contribution in [0, 0.1) is 0 Å². The molecule has 0 aromatic heterocycles. The lowest BCUT2D eigenvalue weighted by Crippen LogP contribution is -1.97. The molecular weight excluding hydrogens is 262 g/mol. The monoisotopic (exact) mass is 271 g/mol. The summed E-state index contributed by atoms with van der Waals surface area (Å²) in [4.78, 5) is 14.9. The van der Waals surface area contributed by atoms with Crippen molar-refractivity contribution in [1.82, 2.24) is 0 Å². The van der Waals surface area contributed by atoms with E-state index in [9.17, 15) is 4.79 Å². The zero-order valence-corrected chi connectivity index (χ0v) is 9.48. The number of hydrogen-bond acceptors (Lipinski definition) is 3. The first-order valence-electron chi connectivity index (χ1n) is 4.25. The van der Waals surface area contributed by atoms with Gasteiger partial charge in [0.25, 0.3) is 0 Å². The summed E-state index contributed by atoms with van der Waals surface area (Å²) >= 11 is 3.35. The van der Waals surface area contributed by atoms with Crippen LogP contribution in [0.5, 0.6) is 0 Å². The quantitative estimate of drug-likeness (QED) is 0.507. The molecule has 0 spiro atoms. The number of aliphatic carboxylic acids is 1. The smallest absolute Gasteiger partial charge is 0.350 e. The number of halogens is 1. The summed E-state index contributed by atoms with van der Waals surface area (Å²) in [5.74, 6) is -1.12. The molecule has 0 unspecified atom stereocenters. The van der Waals surface area contributed by atoms with Gasteiger partial charge in [0.1, 0.15) is 6.61 Å². The van der Waals surface area contributed by atoms with Gasteiger partial charge in [-0.2, -0.15) is 0 Å². The number of carbonyl (C=O) groups is 1. The molecule has 1 aromatic carbocycles. The van der Waals surface area contributed by atoms with Crippen molar-refractivity contribution in [2.45, 2.75) is 11.9 Å². The van der Waals surface area contributed by atoms with Crippen molar-refractivity contribution in [2.24, 2.45) is 5.16 Å². The van der Waals surface area contributed by atoms with Crippen molar-refractivity contribution >= 4 is 28.1 Å². The van der Waals surface area contributed by atoms with Gasteiger partial charge in [-0.05, 0) is 11.1 Å². The number of hydrogen-bond donors (Lipinski definition) is 1. The molecule has 1 N–H and O–H groups in total. The molecule has 15 heavy (non-hydrogen) atoms. The molecule has 0 aliphatic carbocycles. The highest BCUT2D eigenvalue weighted by Gasteiger charge is 1.99. The van der Waals surface area contributed by atoms with Gasteiger partial charge in [-0.25, -0.2) is 4.79 Å². The van der Waals surface area contributed by atoms with Crippen molar-refractivity contribution in [3.63, 3.8) is 0 Å². The molecule has 0 atom stereocenters. The van der Waals surface area contributed by atoms with Gasteiger partial charge in [-0.15, -0.1) is 0 Å². The molecule has 0 radical (unpaired) electrons. The van der Waals surface area contributed by atoms with Gasteiger partial charge in [0.05, 0.1) is 0 Å². The first-order valence-corrected chi connectivity index (χ1v) is 5.37. The van der Waals surface area contributed by atoms with Gasteiger partial charge in [0, 0.05) is 5.33 Å². The zero-order valence-electron chi connectivity index (χ0n) is 7.89. The Morgan fingerprint density at radius 2 is 2.13 bits per heavy atom. The minimum absolute atomic E-state index is 0.269. The predicted molar refractivity (Wildman–Crippen MR) is 60.0 cm³/mol. The second-order valence-corrected chi connectivity index (χ2v) is 3.31. The topological polar surface area (TPSA) is 58.9 Å². The number of alkyl halides is 1. The van der Waals surface area contributed by atoms with Crippen LogP contribution in [-0.4, -0.2) is 17.3 Å². The van der Waals surface area contributed by atoms with Crippen molar-refractivity contribution < 1.29 is 14.7 Å². The molecule has 4 nitrogen and oxygen atoms in total. The van der Waals surface area contributed by atoms with Gasteiger partial charge in [0.2, 0.25) is 0 Å². The molecular formula is C10H10BrNO3. The Morgan fingerprint density at radius 1 is 1.47 bits per heavy atom. The summed E-state index contributed by atoms with van der Waals surface area (Å²) in [5, 5.41) is 12.3. The maximum atomic E-state index is 10.1. The van der Waals surface area contributed by atoms with Gasteiger partial charge in [-0.3, -0.25) is 0 Å². The Bertz CT molecular complexity index is 365. The summed E-state index contributed by atoms with van der Waals surface area (Å²) < 4.78 is 0. The first-order chi connectivity index (χ1) is 7.24. The number of benzene rings is 1. The second-order valence-electron chi connectivity index (χ2n) is 2.75. The highest BCUT2D eigenvalue weighted by molar-refractivity contribution is 9.08. The summed E-state index contributed by atoms with van der Waals surface area (Å²) in [6.07, 6.45) is 0.719. The molecule has 0 saturated heterocycles. The van der Waals surface area contributed by atoms with Crippen LogP contribution in [-0.2, 0) is 21.6 Å². The van der Waals surface area contributed by atoms with E-state index in [-0.39, 0.29) is 6.61 Å². The summed E-state index contributed by atoms with van der Waals surface area (Å²) in [5.41, 5.74) is 2.08. The molecule has 0 fully saturated rings. The molecule has 5 heteroatoms. The zero-order chi connectivity index (χ0) is 11.1. The maximum absolute atomic E-state index is 10.1. The minimum atomic E-state index is -1.12. The number of nitrogens with zero attached hydrogens (tertiary/aromatic N) is 1. The Morgan fingerprint density at radius 3 is 2.73 bits per heavy atom. The largest absolute Gasteiger partial charge is 0.477 e. The van der Waals surface area contributed by atoms with E-state index in [0.29, 0.717) is 0 Å². The molecule has 0 heterocycles. The normalized spacial score (nSPS) is 10.5. The lowest BCUT2D eigenvalue weighted by atomic mass is 10.1. The third-order valence-corrected chi connectivity index (χ3v) is 2.32. The van der Waals surface area contributed by atoms with E-state index in [0.717, 1.165) is 22.7 Å². The number of rotatable bonds is 5. The average molecular weight is 272 g/mol. The van der Waals surface area contributed by atoms with E-state index < -0.39 is 5.97 Å². The van der Waals surface area contributed by atoms with Crippen LogP contribution >= 0.6 is 15.9 Å². The third-order valence-electron chi connectivity index (χ3n) is 1.72. The van der Waals surface area contributed by atoms with E-state index in [1.165, 1.54) is 0 Å². The van der Waals surface area contributed by atoms with Crippen LogP contribution in [0.1, 0.15) is 11.1 Å². The molecule has 80 valence electrons. The summed E-state index contributed by atoms with van der Waals surface area (Å²) in [6.45, 7) is 0.269. The standard InChI is InChI=1S/C10H10BrNO3/c11-5-8-3-1-2-4-9(8)7-15-12-6-10(13)14/h1-4,6H,5,7H2,(H,13,14)/b12-6-. The van der Waals surface area contributed by atoms with Crippen molar-refractivity contribution in [1.29, 1.82) is 0 Å². The number of carboxylic acids is 1. The van der Waals surface area contributed by atoms with E-state index >= 15 is 0 Å². The predicted octanol–water partition coefficient (Wildman–Crippen LogP) is 2.17. The highest BCUT2D eigenvalue weighted by Crippen LogP contribution is 2.13. The summed E-state index contributed by atoms with van der Waals surface area (Å²) in [6, 6.07) is 7.70. The first kappa shape index (κ1) is 11.7. The fourth-order valence-corrected chi connectivity index (χ4v) is 1.56. The Kier molecular flexibility index (Phi) is 4.83. The van der Waals surface area contributed by atoms with Gasteiger partial charge < -0.3 is 9.94 Å². The number of carboxylic acid groups (broad SMARTS) is 1. The molecule has 0 saturated carbocycles. The number of oxime groups is 1. The van der Waals surface area contributed by atoms with Crippen LogP contribution in [0.15, 0.2) is 29.4 Å². The Balaban J connectivity index is 2.53. The molecule has 0 aliphatic rings. The third kappa shape index (κ3) is 4.12. The molecule has 0 amide bonds. The van der Waals surface area contributed by atoms with Crippen LogP contribution in [0.25, 0.3) is 0 Å². The Labute approximate surface area is 95.7 Å². The highest BCUT2D eigenvalue weighted by atomic mass is 79.9. The van der Waals surface area contributed by atoms with Crippen LogP contribution in [0.2, 0.25) is 0 Å². The lowest BCUT2D eigenvalue weighted by molar-refractivity contribution is -0.129. The molecule has 1 rings (SSSR count). The van der Waals surface area contributed by atoms with Crippen molar-refractivity contribution in [3.05, 3.63) is 35.4 Å². The maximum Gasteiger partial charge on any atom is 0.350 e. The Hall–Kier alpha value is -1.36. The van der Waals surface area contributed by atoms with Crippen molar-refractivity contribution in [3.8, 4) is 0 Å². The van der Waals surface area contributed by atoms with Crippen LogP contribution in [0.4, 0.5) is 0 Å². The van der Waals surface area contributed by atoms with E-state index in [2.05, 4.69) is 21.1 Å². The second kappa shape index (κ2) is 6.19. The lowest BCUT2D eigenvalue weighted by Gasteiger charge is -2.04. The SMILES string of the molecule is O=C(O)/C=N\OCc1ccccc1CBr. The molecule has 0 aliphatic heterocycles. The van der Waals surface area contributed by atoms with E-state index in [1.807, 2.05) is 24.3 Å². The van der Waals surface area contributed by atoms with Crippen molar-refractivity contribution in [2.75, 3.05) is 0 Å². The van der Waals surface area contributed by atoms with Gasteiger partial charge >= 0.3 is 5.97 Å². The van der Waals surface area contributed by atoms with Gasteiger partial charge in [-0.1, -0.05) is 45.4 Å². The molecule has 0 bridgehead atoms. The minimum Gasteiger partial charge on any atom is -0.477 e. The molecule has 1 aromatic rings. The average Bonchev–Trinajstić information content (AvgIpc) is 2.24. The summed E-state index contributed by atoms with van der Waals surface area (Å²) in [7, 11) is 0. The van der Waals surface area contributed by atoms with E-state index in [4.69, 9.17) is 9.94 Å². The van der Waals surface area contributed by atoms with E-state index in [1.54, 1.807) is 0 Å².